The van der Waals surface area contributed by atoms with Crippen LogP contribution in [0.1, 0.15) is 65.7 Å². The molecule has 2 fully saturated rings. The molecular weight excluding hydrogens is 812 g/mol. The molecule has 4 aromatic rings. The molecule has 1 aromatic heterocycles. The van der Waals surface area contributed by atoms with Crippen LogP contribution in [0, 0.1) is 16.7 Å². The monoisotopic (exact) mass is 862 g/mol. The predicted octanol–water partition coefficient (Wildman–Crippen LogP) is 7.58. The van der Waals surface area contributed by atoms with Gasteiger partial charge in [0.25, 0.3) is 15.9 Å². The number of halogens is 1. The number of ether oxygens (including phenoxy) is 3. The first-order valence-corrected chi connectivity index (χ1v) is 22.8. The van der Waals surface area contributed by atoms with E-state index < -0.39 is 15.9 Å². The number of carbonyl (C=O) groups excluding carboxylic acids is 1. The van der Waals surface area contributed by atoms with Gasteiger partial charge in [0.2, 0.25) is 5.88 Å². The molecule has 14 heteroatoms. The fourth-order valence-corrected chi connectivity index (χ4v) is 9.52. The number of amides is 1. The molecule has 8 rings (SSSR count). The van der Waals surface area contributed by atoms with Crippen LogP contribution in [0.15, 0.2) is 89.5 Å². The van der Waals surface area contributed by atoms with Crippen molar-refractivity contribution in [2.24, 2.45) is 5.41 Å². The average molecular weight is 863 g/mol. The van der Waals surface area contributed by atoms with Crippen molar-refractivity contribution < 1.29 is 27.4 Å². The molecule has 2 saturated heterocycles. The fourth-order valence-electron chi connectivity index (χ4n) is 8.45. The zero-order valence-electron chi connectivity index (χ0n) is 34.7. The van der Waals surface area contributed by atoms with E-state index in [0.29, 0.717) is 25.5 Å². The van der Waals surface area contributed by atoms with Crippen LogP contribution in [0.5, 0.6) is 17.4 Å². The van der Waals surface area contributed by atoms with Crippen LogP contribution in [-0.4, -0.2) is 101 Å². The lowest BCUT2D eigenvalue weighted by molar-refractivity contribution is 0.0320. The van der Waals surface area contributed by atoms with Crippen molar-refractivity contribution >= 4 is 44.9 Å². The SMILES string of the molecule is CC1(C)CCC(CN2CCN(c3ccc(C(=O)NS(=O)(=O)c4cnc(OCCN5CCOCC5)c(C#N)c4)c(Oc4cccc5c4C=CC5)c3)CC2)=C(c2ccc(Cl)cc2)C1. The van der Waals surface area contributed by atoms with Crippen molar-refractivity contribution in [1.29, 1.82) is 5.26 Å². The van der Waals surface area contributed by atoms with E-state index in [1.807, 2.05) is 54.6 Å². The van der Waals surface area contributed by atoms with Gasteiger partial charge in [-0.3, -0.25) is 14.6 Å². The first kappa shape index (κ1) is 42.5. The van der Waals surface area contributed by atoms with Gasteiger partial charge in [0.05, 0.1) is 25.0 Å². The second kappa shape index (κ2) is 18.4. The lowest BCUT2D eigenvalue weighted by Crippen LogP contribution is -2.47. The molecule has 318 valence electrons. The molecule has 0 saturated carbocycles. The van der Waals surface area contributed by atoms with Gasteiger partial charge in [0.1, 0.15) is 34.6 Å². The minimum atomic E-state index is -4.46. The van der Waals surface area contributed by atoms with Gasteiger partial charge in [-0.25, -0.2) is 18.1 Å². The number of anilines is 1. The van der Waals surface area contributed by atoms with Gasteiger partial charge < -0.3 is 19.1 Å². The smallest absolute Gasteiger partial charge is 0.268 e. The molecule has 0 unspecified atom stereocenters. The van der Waals surface area contributed by atoms with Crippen molar-refractivity contribution in [2.45, 2.75) is 44.4 Å². The van der Waals surface area contributed by atoms with Crippen LogP contribution in [0.4, 0.5) is 5.69 Å². The Kier molecular flexibility index (Phi) is 12.8. The maximum Gasteiger partial charge on any atom is 0.268 e. The summed E-state index contributed by atoms with van der Waals surface area (Å²) in [5.74, 6) is -0.0592. The number of fused-ring (bicyclic) bond motifs is 1. The summed E-state index contributed by atoms with van der Waals surface area (Å²) in [5.41, 5.74) is 7.28. The second-order valence-electron chi connectivity index (χ2n) is 16.8. The Balaban J connectivity index is 0.987. The molecule has 61 heavy (non-hydrogen) atoms. The number of sulfonamides is 1. The number of pyridine rings is 1. The summed E-state index contributed by atoms with van der Waals surface area (Å²) in [6, 6.07) is 22.4. The van der Waals surface area contributed by atoms with Gasteiger partial charge in [-0.1, -0.05) is 67.4 Å². The Hall–Kier alpha value is -5.23. The molecule has 0 bridgehead atoms. The molecule has 12 nitrogen and oxygen atoms in total. The van der Waals surface area contributed by atoms with Crippen molar-refractivity contribution in [2.75, 3.05) is 77.1 Å². The van der Waals surface area contributed by atoms with E-state index in [2.05, 4.69) is 56.5 Å². The topological polar surface area (TPSA) is 137 Å². The van der Waals surface area contributed by atoms with Crippen molar-refractivity contribution in [3.05, 3.63) is 117 Å². The largest absolute Gasteiger partial charge is 0.475 e. The quantitative estimate of drug-likeness (QED) is 0.142. The fraction of sp³-hybridized carbons (Fsp3) is 0.383. The van der Waals surface area contributed by atoms with E-state index in [9.17, 15) is 18.5 Å². The maximum absolute atomic E-state index is 14.0. The number of hydrogen-bond acceptors (Lipinski definition) is 11. The number of aromatic nitrogens is 1. The summed E-state index contributed by atoms with van der Waals surface area (Å²) >= 11 is 6.25. The van der Waals surface area contributed by atoms with Crippen LogP contribution in [0.3, 0.4) is 0 Å². The number of nitriles is 1. The molecule has 4 aliphatic rings. The first-order valence-electron chi connectivity index (χ1n) is 20.9. The van der Waals surface area contributed by atoms with Crippen LogP contribution in [0.2, 0.25) is 5.02 Å². The van der Waals surface area contributed by atoms with Gasteiger partial charge in [-0.05, 0) is 84.2 Å². The number of rotatable bonds is 13. The molecule has 0 radical (unpaired) electrons. The first-order chi connectivity index (χ1) is 29.4. The highest BCUT2D eigenvalue weighted by atomic mass is 35.5. The number of morpholine rings is 1. The Labute approximate surface area is 363 Å². The van der Waals surface area contributed by atoms with Crippen LogP contribution < -0.4 is 19.1 Å². The lowest BCUT2D eigenvalue weighted by atomic mass is 9.72. The molecule has 0 spiro atoms. The average Bonchev–Trinajstić information content (AvgIpc) is 3.75. The van der Waals surface area contributed by atoms with Crippen molar-refractivity contribution in [1.82, 2.24) is 19.5 Å². The number of piperazine rings is 1. The zero-order valence-corrected chi connectivity index (χ0v) is 36.2. The number of carbonyl (C=O) groups is 1. The van der Waals surface area contributed by atoms with E-state index >= 15 is 0 Å². The van der Waals surface area contributed by atoms with Crippen LogP contribution >= 0.6 is 11.6 Å². The standard InChI is InChI=1S/C47H51ClN6O6S/c1-47(2)16-15-35(42(29-47)34-9-11-37(48)12-10-34)32-53-17-19-54(20-18-53)38-13-14-41(44(28-38)60-43-8-4-6-33-5-3-7-40(33)43)45(55)51-61(56,57)39-27-36(30-49)46(50-31-39)59-26-23-52-21-24-58-25-22-52/h3-4,6-14,27-28,31H,5,15-26,29,32H2,1-2H3,(H,51,55). The highest BCUT2D eigenvalue weighted by molar-refractivity contribution is 7.90. The molecule has 1 N–H and O–H groups in total. The van der Waals surface area contributed by atoms with Crippen LogP contribution in [0.25, 0.3) is 11.6 Å². The van der Waals surface area contributed by atoms with Crippen LogP contribution in [-0.2, 0) is 21.2 Å². The van der Waals surface area contributed by atoms with Gasteiger partial charge >= 0.3 is 0 Å². The van der Waals surface area contributed by atoms with Gasteiger partial charge in [0.15, 0.2) is 0 Å². The Morgan fingerprint density at radius 1 is 0.984 bits per heavy atom. The van der Waals surface area contributed by atoms with E-state index in [1.165, 1.54) is 16.7 Å². The minimum Gasteiger partial charge on any atom is -0.475 e. The van der Waals surface area contributed by atoms with Crippen molar-refractivity contribution in [3.8, 4) is 23.4 Å². The number of nitrogens with zero attached hydrogens (tertiary/aromatic N) is 5. The van der Waals surface area contributed by atoms with Gasteiger partial charge in [0, 0.05) is 74.7 Å². The second-order valence-corrected chi connectivity index (χ2v) is 18.9. The Bertz CT molecular complexity index is 2490. The number of hydrogen-bond donors (Lipinski definition) is 1. The summed E-state index contributed by atoms with van der Waals surface area (Å²) in [4.78, 5) is 24.7. The maximum atomic E-state index is 14.0. The van der Waals surface area contributed by atoms with E-state index in [-0.39, 0.29) is 39.7 Å². The number of allylic oxidation sites excluding steroid dienone is 2. The molecule has 3 heterocycles. The lowest BCUT2D eigenvalue weighted by Gasteiger charge is -2.39. The third kappa shape index (κ3) is 10.1. The highest BCUT2D eigenvalue weighted by Gasteiger charge is 2.30. The Morgan fingerprint density at radius 2 is 1.77 bits per heavy atom. The molecule has 2 aliphatic heterocycles. The zero-order chi connectivity index (χ0) is 42.6. The molecule has 2 aliphatic carbocycles. The third-order valence-corrected chi connectivity index (χ3v) is 13.5. The normalized spacial score (nSPS) is 18.1. The van der Waals surface area contributed by atoms with E-state index in [0.717, 1.165) is 106 Å². The summed E-state index contributed by atoms with van der Waals surface area (Å²) in [6.07, 6.45) is 9.16. The van der Waals surface area contributed by atoms with E-state index in [4.69, 9.17) is 25.8 Å². The number of benzene rings is 3. The van der Waals surface area contributed by atoms with Gasteiger partial charge in [-0.15, -0.1) is 0 Å². The molecule has 1 amide bonds. The number of nitrogens with one attached hydrogen (secondary N) is 1. The molecular formula is C47H51ClN6O6S. The summed E-state index contributed by atoms with van der Waals surface area (Å²) in [7, 11) is -4.46. The summed E-state index contributed by atoms with van der Waals surface area (Å²) in [6.45, 7) is 12.6. The summed E-state index contributed by atoms with van der Waals surface area (Å²) < 4.78 is 47.2. The Morgan fingerprint density at radius 3 is 2.54 bits per heavy atom. The van der Waals surface area contributed by atoms with Crippen molar-refractivity contribution in [3.63, 3.8) is 0 Å². The van der Waals surface area contributed by atoms with Gasteiger partial charge in [-0.2, -0.15) is 5.26 Å². The molecule has 3 aromatic carbocycles. The summed E-state index contributed by atoms with van der Waals surface area (Å²) in [5, 5.41) is 10.6. The third-order valence-electron chi connectivity index (χ3n) is 12.0. The minimum absolute atomic E-state index is 0.0235. The predicted molar refractivity (Wildman–Crippen MR) is 237 cm³/mol. The highest BCUT2D eigenvalue weighted by Crippen LogP contribution is 2.43. The molecule has 0 atom stereocenters. The van der Waals surface area contributed by atoms with E-state index in [1.54, 1.807) is 6.07 Å².